The lowest BCUT2D eigenvalue weighted by molar-refractivity contribution is -0.246. The van der Waals surface area contributed by atoms with Gasteiger partial charge in [0, 0.05) is 0 Å². The number of rotatable bonds is 6. The summed E-state index contributed by atoms with van der Waals surface area (Å²) in [5.41, 5.74) is 0.369. The van der Waals surface area contributed by atoms with E-state index in [9.17, 15) is 23.1 Å². The lowest BCUT2D eigenvalue weighted by Gasteiger charge is -2.38. The molecular formula is C20H20O9S. The first-order chi connectivity index (χ1) is 14.2. The van der Waals surface area contributed by atoms with Gasteiger partial charge in [-0.05, 0) is 24.3 Å². The van der Waals surface area contributed by atoms with Crippen molar-refractivity contribution in [1.29, 1.82) is 0 Å². The fourth-order valence-electron chi connectivity index (χ4n) is 2.86. The molecule has 1 heterocycles. The summed E-state index contributed by atoms with van der Waals surface area (Å²) >= 11 is 0. The van der Waals surface area contributed by atoms with Crippen LogP contribution < -0.4 is 0 Å². The normalized spacial score (nSPS) is 24.1. The Labute approximate surface area is 173 Å². The number of esters is 2. The molecular weight excluding hydrogens is 416 g/mol. The molecule has 0 aromatic heterocycles. The highest BCUT2D eigenvalue weighted by Crippen LogP contribution is 2.25. The van der Waals surface area contributed by atoms with Gasteiger partial charge in [0.15, 0.2) is 18.5 Å². The lowest BCUT2D eigenvalue weighted by Crippen LogP contribution is -2.57. The van der Waals surface area contributed by atoms with Crippen LogP contribution in [0.3, 0.4) is 0 Å². The fraction of sp³-hybridized carbons (Fsp3) is 0.300. The summed E-state index contributed by atoms with van der Waals surface area (Å²) in [6.45, 7) is -0.402. The van der Waals surface area contributed by atoms with Gasteiger partial charge in [0.05, 0.1) is 24.0 Å². The van der Waals surface area contributed by atoms with E-state index >= 15 is 0 Å². The van der Waals surface area contributed by atoms with Crippen LogP contribution >= 0.6 is 0 Å². The first-order valence-corrected chi connectivity index (χ1v) is 10.8. The number of aliphatic hydroxyl groups excluding tert-OH is 1. The number of carbonyl (C=O) groups is 2. The Morgan fingerprint density at radius 2 is 1.37 bits per heavy atom. The zero-order valence-corrected chi connectivity index (χ0v) is 16.7. The van der Waals surface area contributed by atoms with Crippen molar-refractivity contribution in [2.45, 2.75) is 24.6 Å². The zero-order valence-electron chi connectivity index (χ0n) is 15.9. The van der Waals surface area contributed by atoms with E-state index in [1.807, 2.05) is 0 Å². The topological polar surface area (TPSA) is 125 Å². The quantitative estimate of drug-likeness (QED) is 0.524. The second-order valence-corrected chi connectivity index (χ2v) is 8.14. The van der Waals surface area contributed by atoms with Gasteiger partial charge in [-0.3, -0.25) is 4.18 Å². The van der Waals surface area contributed by atoms with E-state index in [1.54, 1.807) is 36.4 Å². The van der Waals surface area contributed by atoms with Crippen molar-refractivity contribution in [3.63, 3.8) is 0 Å². The number of hydrogen-bond acceptors (Lipinski definition) is 9. The van der Waals surface area contributed by atoms with E-state index in [-0.39, 0.29) is 11.1 Å². The van der Waals surface area contributed by atoms with E-state index in [0.29, 0.717) is 0 Å². The highest BCUT2D eigenvalue weighted by Gasteiger charge is 2.47. The summed E-state index contributed by atoms with van der Waals surface area (Å²) in [6, 6.07) is 15.9. The summed E-state index contributed by atoms with van der Waals surface area (Å²) < 4.78 is 44.1. The Balaban J connectivity index is 1.87. The summed E-state index contributed by atoms with van der Waals surface area (Å²) in [7, 11) is -3.97. The average Bonchev–Trinajstić information content (AvgIpc) is 2.72. The molecule has 4 atom stereocenters. The van der Waals surface area contributed by atoms with Crippen molar-refractivity contribution in [3.8, 4) is 0 Å². The molecule has 1 aliphatic heterocycles. The first-order valence-electron chi connectivity index (χ1n) is 8.94. The van der Waals surface area contributed by atoms with Gasteiger partial charge < -0.3 is 19.3 Å². The number of hydrogen-bond donors (Lipinski definition) is 1. The van der Waals surface area contributed by atoms with E-state index < -0.39 is 53.3 Å². The number of benzene rings is 2. The third-order valence-electron chi connectivity index (χ3n) is 4.21. The molecule has 1 N–H and O–H groups in total. The van der Waals surface area contributed by atoms with E-state index in [4.69, 9.17) is 18.4 Å². The minimum Gasteiger partial charge on any atom is -0.452 e. The Kier molecular flexibility index (Phi) is 6.83. The Morgan fingerprint density at radius 1 is 0.900 bits per heavy atom. The smallest absolute Gasteiger partial charge is 0.338 e. The molecule has 0 saturated carbocycles. The van der Waals surface area contributed by atoms with Crippen LogP contribution in [-0.2, 0) is 28.5 Å². The molecule has 0 spiro atoms. The molecule has 1 fully saturated rings. The second-order valence-electron chi connectivity index (χ2n) is 6.53. The Morgan fingerprint density at radius 3 is 1.83 bits per heavy atom. The number of carbonyl (C=O) groups excluding carboxylic acids is 2. The standard InChI is InChI=1S/C20H20O9S/c1-30(24,25)29-15-12-26-20(23)17(28-19(22)14-10-6-3-7-11-14)16(15)27-18(21)13-8-4-2-5-9-13/h2-11,15-17,20,23H,12H2,1H3/t15-,16-,17+,20-/m1/s1. The monoisotopic (exact) mass is 436 g/mol. The van der Waals surface area contributed by atoms with Gasteiger partial charge >= 0.3 is 11.9 Å². The lowest BCUT2D eigenvalue weighted by atomic mass is 10.0. The van der Waals surface area contributed by atoms with Crippen LogP contribution in [0.5, 0.6) is 0 Å². The maximum Gasteiger partial charge on any atom is 0.338 e. The third kappa shape index (κ3) is 5.63. The molecule has 0 bridgehead atoms. The minimum absolute atomic E-state index is 0.184. The van der Waals surface area contributed by atoms with Gasteiger partial charge in [-0.1, -0.05) is 36.4 Å². The maximum atomic E-state index is 12.5. The summed E-state index contributed by atoms with van der Waals surface area (Å²) in [4.78, 5) is 25.0. The molecule has 2 aromatic carbocycles. The van der Waals surface area contributed by atoms with Crippen LogP contribution in [0.25, 0.3) is 0 Å². The van der Waals surface area contributed by atoms with Gasteiger partial charge in [-0.2, -0.15) is 8.42 Å². The molecule has 0 aliphatic carbocycles. The van der Waals surface area contributed by atoms with E-state index in [0.717, 1.165) is 6.26 Å². The Hall–Kier alpha value is -2.79. The van der Waals surface area contributed by atoms with Crippen LogP contribution in [0.1, 0.15) is 20.7 Å². The molecule has 2 aromatic rings. The molecule has 30 heavy (non-hydrogen) atoms. The van der Waals surface area contributed by atoms with Crippen molar-refractivity contribution >= 4 is 22.1 Å². The molecule has 0 radical (unpaired) electrons. The van der Waals surface area contributed by atoms with Crippen LogP contribution in [-0.4, -0.2) is 62.9 Å². The summed E-state index contributed by atoms with van der Waals surface area (Å²) in [5.74, 6) is -1.62. The van der Waals surface area contributed by atoms with E-state index in [2.05, 4.69) is 0 Å². The molecule has 3 rings (SSSR count). The van der Waals surface area contributed by atoms with Crippen LogP contribution in [0.2, 0.25) is 0 Å². The molecule has 0 unspecified atom stereocenters. The molecule has 10 heteroatoms. The number of ether oxygens (including phenoxy) is 3. The maximum absolute atomic E-state index is 12.5. The van der Waals surface area contributed by atoms with Gasteiger partial charge in [0.2, 0.25) is 0 Å². The summed E-state index contributed by atoms with van der Waals surface area (Å²) in [5, 5.41) is 10.2. The third-order valence-corrected chi connectivity index (χ3v) is 4.80. The van der Waals surface area contributed by atoms with Gasteiger partial charge in [0.1, 0.15) is 6.10 Å². The van der Waals surface area contributed by atoms with Crippen molar-refractivity contribution in [1.82, 2.24) is 0 Å². The van der Waals surface area contributed by atoms with Gasteiger partial charge in [-0.25, -0.2) is 9.59 Å². The number of aliphatic hydroxyl groups is 1. The molecule has 1 aliphatic rings. The van der Waals surface area contributed by atoms with Crippen LogP contribution in [0.4, 0.5) is 0 Å². The summed E-state index contributed by atoms with van der Waals surface area (Å²) in [6.07, 6.45) is -5.14. The van der Waals surface area contributed by atoms with Crippen molar-refractivity contribution in [2.24, 2.45) is 0 Å². The SMILES string of the molecule is CS(=O)(=O)O[C@@H]1CO[C@@H](O)[C@@H](OC(=O)c2ccccc2)[C@@H]1OC(=O)c1ccccc1. The van der Waals surface area contributed by atoms with E-state index in [1.165, 1.54) is 24.3 Å². The molecule has 9 nitrogen and oxygen atoms in total. The molecule has 1 saturated heterocycles. The minimum atomic E-state index is -3.97. The second kappa shape index (κ2) is 9.35. The van der Waals surface area contributed by atoms with Crippen LogP contribution in [0, 0.1) is 0 Å². The highest BCUT2D eigenvalue weighted by molar-refractivity contribution is 7.86. The van der Waals surface area contributed by atoms with Crippen molar-refractivity contribution < 1.29 is 41.5 Å². The van der Waals surface area contributed by atoms with Gasteiger partial charge in [-0.15, -0.1) is 0 Å². The predicted octanol–water partition coefficient (Wildman–Crippen LogP) is 1.13. The van der Waals surface area contributed by atoms with Crippen LogP contribution in [0.15, 0.2) is 60.7 Å². The predicted molar refractivity (Wildman–Crippen MR) is 103 cm³/mol. The Bertz CT molecular complexity index is 976. The largest absolute Gasteiger partial charge is 0.452 e. The highest BCUT2D eigenvalue weighted by atomic mass is 32.2. The average molecular weight is 436 g/mol. The molecule has 160 valence electrons. The van der Waals surface area contributed by atoms with Gasteiger partial charge in [0.25, 0.3) is 10.1 Å². The first kappa shape index (κ1) is 21.9. The van der Waals surface area contributed by atoms with Crippen molar-refractivity contribution in [3.05, 3.63) is 71.8 Å². The zero-order chi connectivity index (χ0) is 21.7. The fourth-order valence-corrected chi connectivity index (χ4v) is 3.48. The van der Waals surface area contributed by atoms with Crippen molar-refractivity contribution in [2.75, 3.05) is 12.9 Å². The molecule has 0 amide bonds.